The lowest BCUT2D eigenvalue weighted by atomic mass is 10.1. The molecule has 0 aromatic heterocycles. The molecule has 1 N–H and O–H groups in total. The van der Waals surface area contributed by atoms with Crippen molar-refractivity contribution >= 4 is 17.7 Å². The van der Waals surface area contributed by atoms with Gasteiger partial charge in [0.25, 0.3) is 5.91 Å². The number of ketones is 1. The van der Waals surface area contributed by atoms with Crippen molar-refractivity contribution < 1.29 is 23.9 Å². The van der Waals surface area contributed by atoms with Crippen molar-refractivity contribution in [2.75, 3.05) is 13.7 Å². The fourth-order valence-electron chi connectivity index (χ4n) is 2.13. The molecule has 0 saturated heterocycles. The van der Waals surface area contributed by atoms with Gasteiger partial charge in [0.2, 0.25) is 5.78 Å². The lowest BCUT2D eigenvalue weighted by Crippen LogP contribution is -2.34. The molecule has 2 aromatic carbocycles. The van der Waals surface area contributed by atoms with Crippen molar-refractivity contribution in [1.29, 1.82) is 0 Å². The average Bonchev–Trinajstić information content (AvgIpc) is 2.66. The van der Waals surface area contributed by atoms with Gasteiger partial charge in [-0.3, -0.25) is 14.4 Å². The molecular formula is C19H19NO5. The van der Waals surface area contributed by atoms with Crippen molar-refractivity contribution in [3.63, 3.8) is 0 Å². The van der Waals surface area contributed by atoms with E-state index in [1.807, 2.05) is 0 Å². The standard InChI is InChI=1S/C19H19NO5/c1-13(18(22)14-8-10-16(24-2)11-9-14)25-17(21)12-20-19(23)15-6-4-3-5-7-15/h3-11,13H,12H2,1-2H3,(H,20,23)/t13-/m1/s1. The molecule has 25 heavy (non-hydrogen) atoms. The summed E-state index contributed by atoms with van der Waals surface area (Å²) in [5, 5.41) is 2.46. The Balaban J connectivity index is 1.84. The van der Waals surface area contributed by atoms with Gasteiger partial charge in [0.05, 0.1) is 7.11 Å². The van der Waals surface area contributed by atoms with Crippen molar-refractivity contribution in [2.45, 2.75) is 13.0 Å². The van der Waals surface area contributed by atoms with E-state index in [9.17, 15) is 14.4 Å². The minimum absolute atomic E-state index is 0.312. The number of methoxy groups -OCH3 is 1. The number of rotatable bonds is 7. The highest BCUT2D eigenvalue weighted by Gasteiger charge is 2.20. The van der Waals surface area contributed by atoms with E-state index in [4.69, 9.17) is 9.47 Å². The van der Waals surface area contributed by atoms with Crippen LogP contribution in [-0.4, -0.2) is 37.4 Å². The predicted octanol–water partition coefficient (Wildman–Crippen LogP) is 2.24. The molecule has 0 saturated carbocycles. The van der Waals surface area contributed by atoms with Crippen molar-refractivity contribution in [3.8, 4) is 5.75 Å². The number of hydrogen-bond acceptors (Lipinski definition) is 5. The highest BCUT2D eigenvalue weighted by Crippen LogP contribution is 2.13. The molecule has 0 spiro atoms. The van der Waals surface area contributed by atoms with Crippen LogP contribution < -0.4 is 10.1 Å². The van der Waals surface area contributed by atoms with Crippen molar-refractivity contribution in [2.24, 2.45) is 0 Å². The number of hydrogen-bond donors (Lipinski definition) is 1. The van der Waals surface area contributed by atoms with Gasteiger partial charge in [0.15, 0.2) is 6.10 Å². The minimum Gasteiger partial charge on any atom is -0.497 e. The van der Waals surface area contributed by atoms with E-state index in [1.54, 1.807) is 54.6 Å². The van der Waals surface area contributed by atoms with Crippen LogP contribution in [0.25, 0.3) is 0 Å². The molecule has 0 fully saturated rings. The average molecular weight is 341 g/mol. The maximum atomic E-state index is 12.2. The van der Waals surface area contributed by atoms with Crippen molar-refractivity contribution in [3.05, 3.63) is 65.7 Å². The summed E-state index contributed by atoms with van der Waals surface area (Å²) < 4.78 is 10.1. The van der Waals surface area contributed by atoms with Crippen LogP contribution in [0.4, 0.5) is 0 Å². The molecule has 2 aromatic rings. The second-order valence-corrected chi connectivity index (χ2v) is 5.27. The fraction of sp³-hybridized carbons (Fsp3) is 0.211. The third-order valence-corrected chi connectivity index (χ3v) is 3.48. The molecule has 2 rings (SSSR count). The molecule has 1 amide bonds. The van der Waals surface area contributed by atoms with E-state index in [1.165, 1.54) is 14.0 Å². The minimum atomic E-state index is -0.950. The molecule has 0 aliphatic heterocycles. The smallest absolute Gasteiger partial charge is 0.326 e. The summed E-state index contributed by atoms with van der Waals surface area (Å²) in [5.41, 5.74) is 0.854. The van der Waals surface area contributed by atoms with Gasteiger partial charge in [0, 0.05) is 11.1 Å². The lowest BCUT2D eigenvalue weighted by molar-refractivity contribution is -0.145. The maximum absolute atomic E-state index is 12.2. The highest BCUT2D eigenvalue weighted by molar-refractivity contribution is 6.00. The Morgan fingerprint density at radius 1 is 0.960 bits per heavy atom. The van der Waals surface area contributed by atoms with Crippen LogP contribution in [0.5, 0.6) is 5.75 Å². The van der Waals surface area contributed by atoms with Gasteiger partial charge in [-0.05, 0) is 43.3 Å². The number of Topliss-reactive ketones (excluding diaryl/α,β-unsaturated/α-hetero) is 1. The zero-order valence-corrected chi connectivity index (χ0v) is 14.0. The van der Waals surface area contributed by atoms with Crippen LogP contribution in [0.2, 0.25) is 0 Å². The van der Waals surface area contributed by atoms with Crippen LogP contribution >= 0.6 is 0 Å². The number of ether oxygens (including phenoxy) is 2. The Morgan fingerprint density at radius 3 is 2.20 bits per heavy atom. The first-order chi connectivity index (χ1) is 12.0. The molecule has 6 nitrogen and oxygen atoms in total. The van der Waals surface area contributed by atoms with Gasteiger partial charge in [-0.2, -0.15) is 0 Å². The predicted molar refractivity (Wildman–Crippen MR) is 91.7 cm³/mol. The van der Waals surface area contributed by atoms with Crippen LogP contribution in [0, 0.1) is 0 Å². The summed E-state index contributed by atoms with van der Waals surface area (Å²) in [6.07, 6.45) is -0.950. The largest absolute Gasteiger partial charge is 0.497 e. The summed E-state index contributed by atoms with van der Waals surface area (Å²) in [7, 11) is 1.53. The first-order valence-corrected chi connectivity index (χ1v) is 7.72. The number of carbonyl (C=O) groups is 3. The van der Waals surface area contributed by atoms with E-state index in [0.29, 0.717) is 16.9 Å². The summed E-state index contributed by atoms with van der Waals surface area (Å²) in [6, 6.07) is 15.0. The summed E-state index contributed by atoms with van der Waals surface area (Å²) in [4.78, 5) is 35.9. The third-order valence-electron chi connectivity index (χ3n) is 3.48. The second-order valence-electron chi connectivity index (χ2n) is 5.27. The molecule has 0 aliphatic rings. The van der Waals surface area contributed by atoms with Gasteiger partial charge in [-0.15, -0.1) is 0 Å². The molecule has 0 heterocycles. The molecular weight excluding hydrogens is 322 g/mol. The maximum Gasteiger partial charge on any atom is 0.326 e. The zero-order chi connectivity index (χ0) is 18.2. The Hall–Kier alpha value is -3.15. The molecule has 0 radical (unpaired) electrons. The quantitative estimate of drug-likeness (QED) is 0.617. The molecule has 130 valence electrons. The highest BCUT2D eigenvalue weighted by atomic mass is 16.5. The van der Waals surface area contributed by atoms with Crippen LogP contribution in [0.15, 0.2) is 54.6 Å². The van der Waals surface area contributed by atoms with E-state index >= 15 is 0 Å². The molecule has 1 atom stereocenters. The summed E-state index contributed by atoms with van der Waals surface area (Å²) in [5.74, 6) is -0.763. The first-order valence-electron chi connectivity index (χ1n) is 7.72. The van der Waals surface area contributed by atoms with E-state index < -0.39 is 12.1 Å². The van der Waals surface area contributed by atoms with Gasteiger partial charge < -0.3 is 14.8 Å². The molecule has 0 aliphatic carbocycles. The topological polar surface area (TPSA) is 81.7 Å². The monoisotopic (exact) mass is 341 g/mol. The number of benzene rings is 2. The zero-order valence-electron chi connectivity index (χ0n) is 14.0. The summed E-state index contributed by atoms with van der Waals surface area (Å²) in [6.45, 7) is 1.18. The molecule has 6 heteroatoms. The van der Waals surface area contributed by atoms with Crippen LogP contribution in [0.1, 0.15) is 27.6 Å². The van der Waals surface area contributed by atoms with Gasteiger partial charge in [-0.25, -0.2) is 0 Å². The Kier molecular flexibility index (Phi) is 6.28. The lowest BCUT2D eigenvalue weighted by Gasteiger charge is -2.13. The number of carbonyl (C=O) groups excluding carboxylic acids is 3. The van der Waals surface area contributed by atoms with Gasteiger partial charge in [0.1, 0.15) is 12.3 Å². The van der Waals surface area contributed by atoms with Gasteiger partial charge in [-0.1, -0.05) is 18.2 Å². The van der Waals surface area contributed by atoms with E-state index in [-0.39, 0.29) is 18.2 Å². The van der Waals surface area contributed by atoms with Crippen LogP contribution in [-0.2, 0) is 9.53 Å². The number of nitrogens with one attached hydrogen (secondary N) is 1. The first kappa shape index (κ1) is 18.2. The van der Waals surface area contributed by atoms with E-state index in [2.05, 4.69) is 5.32 Å². The third kappa shape index (κ3) is 5.17. The Bertz CT molecular complexity index is 740. The van der Waals surface area contributed by atoms with Crippen LogP contribution in [0.3, 0.4) is 0 Å². The normalized spacial score (nSPS) is 11.3. The molecule has 0 unspecified atom stereocenters. The summed E-state index contributed by atoms with van der Waals surface area (Å²) >= 11 is 0. The SMILES string of the molecule is COc1ccc(C(=O)[C@@H](C)OC(=O)CNC(=O)c2ccccc2)cc1. The number of amides is 1. The van der Waals surface area contributed by atoms with Gasteiger partial charge >= 0.3 is 5.97 Å². The van der Waals surface area contributed by atoms with Crippen molar-refractivity contribution in [1.82, 2.24) is 5.32 Å². The molecule has 0 bridgehead atoms. The Morgan fingerprint density at radius 2 is 1.60 bits per heavy atom. The Labute approximate surface area is 145 Å². The van der Waals surface area contributed by atoms with E-state index in [0.717, 1.165) is 0 Å². The fourth-order valence-corrected chi connectivity index (χ4v) is 2.13. The second kappa shape index (κ2) is 8.63. The number of esters is 1.